The van der Waals surface area contributed by atoms with Crippen LogP contribution in [0.5, 0.6) is 0 Å². The van der Waals surface area contributed by atoms with Gasteiger partial charge in [-0.25, -0.2) is 13.9 Å². The number of alkyl halides is 3. The SMILES string of the molecule is CC(C)(C)OC(=O)Nc1cnn(-c2ccc(Br)cc2F)c1C(F)(F)F. The summed E-state index contributed by atoms with van der Waals surface area (Å²) in [5, 5.41) is 5.56. The summed E-state index contributed by atoms with van der Waals surface area (Å²) in [6, 6.07) is 3.53. The van der Waals surface area contributed by atoms with Gasteiger partial charge in [0.2, 0.25) is 0 Å². The van der Waals surface area contributed by atoms with E-state index in [-0.39, 0.29) is 0 Å². The van der Waals surface area contributed by atoms with Gasteiger partial charge in [0.05, 0.1) is 11.9 Å². The Kier molecular flexibility index (Phi) is 5.12. The number of rotatable bonds is 2. The molecule has 1 aromatic carbocycles. The maximum atomic E-state index is 14.0. The van der Waals surface area contributed by atoms with Gasteiger partial charge in [-0.1, -0.05) is 15.9 Å². The molecule has 136 valence electrons. The molecular formula is C15H14BrF4N3O2. The van der Waals surface area contributed by atoms with Gasteiger partial charge in [-0.15, -0.1) is 0 Å². The van der Waals surface area contributed by atoms with Crippen molar-refractivity contribution in [1.82, 2.24) is 9.78 Å². The highest BCUT2D eigenvalue weighted by Gasteiger charge is 2.40. The van der Waals surface area contributed by atoms with Gasteiger partial charge in [0.15, 0.2) is 5.69 Å². The van der Waals surface area contributed by atoms with Gasteiger partial charge in [-0.2, -0.15) is 18.3 Å². The standard InChI is InChI=1S/C15H14BrF4N3O2/c1-14(2,3)25-13(24)22-10-7-21-23(12(10)15(18,19)20)11-5-4-8(16)6-9(11)17/h4-7H,1-3H3,(H,22,24). The van der Waals surface area contributed by atoms with Crippen molar-refractivity contribution in [3.05, 3.63) is 40.4 Å². The van der Waals surface area contributed by atoms with Crippen LogP contribution in [0.15, 0.2) is 28.9 Å². The van der Waals surface area contributed by atoms with Crippen molar-refractivity contribution < 1.29 is 27.1 Å². The highest BCUT2D eigenvalue weighted by atomic mass is 79.9. The number of carbonyl (C=O) groups excluding carboxylic acids is 1. The molecule has 0 aliphatic carbocycles. The molecule has 0 bridgehead atoms. The van der Waals surface area contributed by atoms with Gasteiger partial charge in [-0.3, -0.25) is 5.32 Å². The molecule has 1 amide bonds. The van der Waals surface area contributed by atoms with Gasteiger partial charge in [0, 0.05) is 4.47 Å². The van der Waals surface area contributed by atoms with Crippen molar-refractivity contribution in [3.63, 3.8) is 0 Å². The second kappa shape index (κ2) is 6.66. The van der Waals surface area contributed by atoms with E-state index in [0.717, 1.165) is 18.3 Å². The Morgan fingerprint density at radius 3 is 2.44 bits per heavy atom. The van der Waals surface area contributed by atoms with Crippen LogP contribution in [-0.4, -0.2) is 21.5 Å². The highest BCUT2D eigenvalue weighted by molar-refractivity contribution is 9.10. The number of anilines is 1. The zero-order valence-electron chi connectivity index (χ0n) is 13.4. The quantitative estimate of drug-likeness (QED) is 0.680. The van der Waals surface area contributed by atoms with Gasteiger partial charge in [0.1, 0.15) is 17.1 Å². The first-order valence-electron chi connectivity index (χ1n) is 6.99. The maximum absolute atomic E-state index is 14.0. The van der Waals surface area contributed by atoms with E-state index in [1.165, 1.54) is 6.07 Å². The molecule has 25 heavy (non-hydrogen) atoms. The lowest BCUT2D eigenvalue weighted by Crippen LogP contribution is -2.28. The van der Waals surface area contributed by atoms with E-state index in [0.29, 0.717) is 9.15 Å². The Morgan fingerprint density at radius 1 is 1.28 bits per heavy atom. The summed E-state index contributed by atoms with van der Waals surface area (Å²) in [4.78, 5) is 11.7. The van der Waals surface area contributed by atoms with Gasteiger partial charge < -0.3 is 4.74 Å². The zero-order chi connectivity index (χ0) is 19.0. The van der Waals surface area contributed by atoms with E-state index in [1.807, 2.05) is 5.32 Å². The van der Waals surface area contributed by atoms with Crippen LogP contribution in [-0.2, 0) is 10.9 Å². The number of ether oxygens (including phenoxy) is 1. The van der Waals surface area contributed by atoms with Crippen LogP contribution in [0.4, 0.5) is 28.0 Å². The van der Waals surface area contributed by atoms with Gasteiger partial charge >= 0.3 is 12.3 Å². The summed E-state index contributed by atoms with van der Waals surface area (Å²) in [6.07, 6.45) is -5.18. The number of nitrogens with one attached hydrogen (secondary N) is 1. The van der Waals surface area contributed by atoms with Crippen LogP contribution >= 0.6 is 15.9 Å². The number of carbonyl (C=O) groups is 1. The lowest BCUT2D eigenvalue weighted by Gasteiger charge is -2.20. The van der Waals surface area contributed by atoms with Crippen LogP contribution in [0, 0.1) is 5.82 Å². The Labute approximate surface area is 149 Å². The predicted octanol–water partition coefficient (Wildman–Crippen LogP) is 5.14. The topological polar surface area (TPSA) is 56.1 Å². The minimum Gasteiger partial charge on any atom is -0.444 e. The third-order valence-corrected chi connectivity index (χ3v) is 3.30. The summed E-state index contributed by atoms with van der Waals surface area (Å²) in [6.45, 7) is 4.70. The van der Waals surface area contributed by atoms with Gasteiger partial charge in [-0.05, 0) is 39.0 Å². The molecule has 1 heterocycles. The molecule has 10 heteroatoms. The van der Waals surface area contributed by atoms with Crippen molar-refractivity contribution in [3.8, 4) is 5.69 Å². The van der Waals surface area contributed by atoms with E-state index >= 15 is 0 Å². The fourth-order valence-corrected chi connectivity index (χ4v) is 2.30. The van der Waals surface area contributed by atoms with Crippen LogP contribution in [0.3, 0.4) is 0 Å². The largest absolute Gasteiger partial charge is 0.444 e. The lowest BCUT2D eigenvalue weighted by atomic mass is 10.2. The fourth-order valence-electron chi connectivity index (χ4n) is 1.96. The summed E-state index contributed by atoms with van der Waals surface area (Å²) < 4.78 is 60.0. The molecule has 0 saturated carbocycles. The molecule has 0 radical (unpaired) electrons. The van der Waals surface area contributed by atoms with Crippen LogP contribution < -0.4 is 5.32 Å². The molecule has 0 atom stereocenters. The number of benzene rings is 1. The third kappa shape index (κ3) is 4.71. The number of halogens is 5. The number of hydrogen-bond acceptors (Lipinski definition) is 3. The minimum absolute atomic E-state index is 0.363. The maximum Gasteiger partial charge on any atom is 0.435 e. The summed E-state index contributed by atoms with van der Waals surface area (Å²) in [7, 11) is 0. The van der Waals surface area contributed by atoms with Crippen molar-refractivity contribution in [2.24, 2.45) is 0 Å². The number of aromatic nitrogens is 2. The molecule has 0 spiro atoms. The summed E-state index contributed by atoms with van der Waals surface area (Å²) >= 11 is 3.03. The summed E-state index contributed by atoms with van der Waals surface area (Å²) in [5.74, 6) is -0.910. The van der Waals surface area contributed by atoms with E-state index in [1.54, 1.807) is 20.8 Å². The van der Waals surface area contributed by atoms with E-state index in [4.69, 9.17) is 4.74 Å². The van der Waals surface area contributed by atoms with Crippen molar-refractivity contribution in [2.75, 3.05) is 5.32 Å². The smallest absolute Gasteiger partial charge is 0.435 e. The van der Waals surface area contributed by atoms with Crippen molar-refractivity contribution in [1.29, 1.82) is 0 Å². The number of hydrogen-bond donors (Lipinski definition) is 1. The van der Waals surface area contributed by atoms with E-state index in [9.17, 15) is 22.4 Å². The molecule has 1 aromatic heterocycles. The normalized spacial score (nSPS) is 12.2. The number of nitrogens with zero attached hydrogens (tertiary/aromatic N) is 2. The average Bonchev–Trinajstić information content (AvgIpc) is 2.79. The molecule has 2 aromatic rings. The monoisotopic (exact) mass is 423 g/mol. The first-order valence-corrected chi connectivity index (χ1v) is 7.78. The first-order chi connectivity index (χ1) is 11.4. The highest BCUT2D eigenvalue weighted by Crippen LogP contribution is 2.37. The minimum atomic E-state index is -4.89. The second-order valence-electron chi connectivity index (χ2n) is 6.04. The molecule has 0 aliphatic rings. The van der Waals surface area contributed by atoms with Crippen LogP contribution in [0.25, 0.3) is 5.69 Å². The zero-order valence-corrected chi connectivity index (χ0v) is 15.0. The summed E-state index contributed by atoms with van der Waals surface area (Å²) in [5.41, 5.74) is -3.26. The Bertz CT molecular complexity index is 797. The Hall–Kier alpha value is -2.10. The molecule has 5 nitrogen and oxygen atoms in total. The molecule has 1 N–H and O–H groups in total. The fraction of sp³-hybridized carbons (Fsp3) is 0.333. The average molecular weight is 424 g/mol. The molecule has 0 aliphatic heterocycles. The molecular weight excluding hydrogens is 410 g/mol. The van der Waals surface area contributed by atoms with E-state index in [2.05, 4.69) is 21.0 Å². The predicted molar refractivity (Wildman–Crippen MR) is 86.1 cm³/mol. The molecule has 0 fully saturated rings. The van der Waals surface area contributed by atoms with Crippen LogP contribution in [0.1, 0.15) is 26.5 Å². The lowest BCUT2D eigenvalue weighted by molar-refractivity contribution is -0.142. The van der Waals surface area contributed by atoms with E-state index < -0.39 is 40.8 Å². The molecule has 0 unspecified atom stereocenters. The molecule has 2 rings (SSSR count). The van der Waals surface area contributed by atoms with Crippen molar-refractivity contribution in [2.45, 2.75) is 32.5 Å². The Balaban J connectivity index is 2.47. The third-order valence-electron chi connectivity index (χ3n) is 2.81. The van der Waals surface area contributed by atoms with Crippen LogP contribution in [0.2, 0.25) is 0 Å². The van der Waals surface area contributed by atoms with Gasteiger partial charge in [0.25, 0.3) is 0 Å². The van der Waals surface area contributed by atoms with Crippen molar-refractivity contribution >= 4 is 27.7 Å². The number of amides is 1. The Morgan fingerprint density at radius 2 is 1.92 bits per heavy atom. The first kappa shape index (κ1) is 19.2. The second-order valence-corrected chi connectivity index (χ2v) is 6.95. The molecule has 0 saturated heterocycles.